The van der Waals surface area contributed by atoms with Gasteiger partial charge in [-0.1, -0.05) is 20.8 Å². The van der Waals surface area contributed by atoms with Crippen LogP contribution in [0, 0.1) is 22.7 Å². The van der Waals surface area contributed by atoms with E-state index in [-0.39, 0.29) is 5.41 Å². The Balaban J connectivity index is 1.27. The second kappa shape index (κ2) is 10.0. The Morgan fingerprint density at radius 3 is 2.82 bits per heavy atom. The zero-order valence-electron chi connectivity index (χ0n) is 21.8. The number of hydrogen-bond acceptors (Lipinski definition) is 7. The number of nitrogens with zero attached hydrogens (tertiary/aromatic N) is 3. The van der Waals surface area contributed by atoms with Gasteiger partial charge in [0, 0.05) is 22.8 Å². The van der Waals surface area contributed by atoms with E-state index in [9.17, 15) is 14.9 Å². The third-order valence-electron chi connectivity index (χ3n) is 7.14. The highest BCUT2D eigenvalue weighted by atomic mass is 32.1. The monoisotopic (exact) mass is 527 g/mol. The second-order valence-corrected chi connectivity index (χ2v) is 11.8. The molecule has 1 aliphatic carbocycles. The van der Waals surface area contributed by atoms with Crippen LogP contribution in [0.3, 0.4) is 0 Å². The lowest BCUT2D eigenvalue weighted by atomic mass is 9.72. The van der Waals surface area contributed by atoms with Gasteiger partial charge in [-0.25, -0.2) is 9.78 Å². The summed E-state index contributed by atoms with van der Waals surface area (Å²) in [5, 5.41) is 13.2. The molecule has 38 heavy (non-hydrogen) atoms. The Hall–Kier alpha value is -4.03. The first kappa shape index (κ1) is 25.6. The number of esters is 1. The summed E-state index contributed by atoms with van der Waals surface area (Å²) >= 11 is 1.46. The Morgan fingerprint density at radius 1 is 1.29 bits per heavy atom. The van der Waals surface area contributed by atoms with Crippen molar-refractivity contribution in [2.45, 2.75) is 53.1 Å². The van der Waals surface area contributed by atoms with Gasteiger partial charge in [-0.15, -0.1) is 11.3 Å². The van der Waals surface area contributed by atoms with Gasteiger partial charge in [-0.05, 0) is 73.4 Å². The molecule has 1 amide bonds. The first-order valence-electron chi connectivity index (χ1n) is 12.6. The molecule has 9 heteroatoms. The molecule has 8 nitrogen and oxygen atoms in total. The largest absolute Gasteiger partial charge is 0.449 e. The van der Waals surface area contributed by atoms with Gasteiger partial charge in [0.15, 0.2) is 6.10 Å². The van der Waals surface area contributed by atoms with E-state index in [1.54, 1.807) is 30.6 Å². The lowest BCUT2D eigenvalue weighted by Gasteiger charge is -2.33. The number of H-pyrrole nitrogens is 1. The second-order valence-electron chi connectivity index (χ2n) is 10.7. The number of benzene rings is 1. The molecule has 4 aromatic rings. The quantitative estimate of drug-likeness (QED) is 0.312. The van der Waals surface area contributed by atoms with E-state index in [0.29, 0.717) is 38.9 Å². The predicted molar refractivity (Wildman–Crippen MR) is 147 cm³/mol. The van der Waals surface area contributed by atoms with E-state index in [4.69, 9.17) is 4.74 Å². The van der Waals surface area contributed by atoms with Crippen LogP contribution in [0.2, 0.25) is 0 Å². The van der Waals surface area contributed by atoms with Gasteiger partial charge in [0.05, 0.1) is 22.2 Å². The smallest absolute Gasteiger partial charge is 0.338 e. The molecular formula is C29H29N5O3S. The van der Waals surface area contributed by atoms with Crippen molar-refractivity contribution >= 4 is 39.2 Å². The molecule has 194 valence electrons. The minimum Gasteiger partial charge on any atom is -0.449 e. The van der Waals surface area contributed by atoms with Gasteiger partial charge < -0.3 is 15.0 Å². The number of pyridine rings is 1. The molecule has 0 radical (unpaired) electrons. The standard InChI is InChI=1S/C29H29N5O3S/c1-16(26(35)34-27-21(14-30)20-9-8-19(29(2,3)4)13-24(20)38-27)37-28(36)17-7-10-22-23(12-17)33-25(32-22)18-6-5-11-31-15-18/h5-7,10-12,15-16,19H,8-9,13H2,1-4H3,(H,32,33)(H,34,35). The molecule has 0 saturated heterocycles. The first-order valence-corrected chi connectivity index (χ1v) is 13.4. The van der Waals surface area contributed by atoms with Crippen LogP contribution in [0.25, 0.3) is 22.4 Å². The number of amides is 1. The van der Waals surface area contributed by atoms with Crippen LogP contribution in [-0.4, -0.2) is 32.9 Å². The molecule has 5 rings (SSSR count). The molecule has 0 saturated carbocycles. The van der Waals surface area contributed by atoms with Crippen LogP contribution in [0.4, 0.5) is 5.00 Å². The Bertz CT molecular complexity index is 1560. The van der Waals surface area contributed by atoms with Gasteiger partial charge in [0.2, 0.25) is 0 Å². The first-order chi connectivity index (χ1) is 18.1. The van der Waals surface area contributed by atoms with Crippen molar-refractivity contribution < 1.29 is 14.3 Å². The van der Waals surface area contributed by atoms with Crippen LogP contribution < -0.4 is 5.32 Å². The van der Waals surface area contributed by atoms with Crippen LogP contribution in [0.1, 0.15) is 60.5 Å². The maximum Gasteiger partial charge on any atom is 0.338 e. The number of imidazole rings is 1. The van der Waals surface area contributed by atoms with Crippen molar-refractivity contribution in [2.75, 3.05) is 5.32 Å². The number of aromatic nitrogens is 3. The van der Waals surface area contributed by atoms with E-state index in [0.717, 1.165) is 35.3 Å². The number of rotatable bonds is 5. The van der Waals surface area contributed by atoms with Crippen LogP contribution >= 0.6 is 11.3 Å². The number of nitriles is 1. The Labute approximate surface area is 225 Å². The van der Waals surface area contributed by atoms with E-state index >= 15 is 0 Å². The normalized spacial score (nSPS) is 15.9. The minimum absolute atomic E-state index is 0.181. The maximum absolute atomic E-state index is 12.9. The number of thiophene rings is 1. The average molecular weight is 528 g/mol. The van der Waals surface area contributed by atoms with Crippen molar-refractivity contribution in [1.29, 1.82) is 5.26 Å². The Kier molecular flexibility index (Phi) is 6.76. The number of aromatic amines is 1. The van der Waals surface area contributed by atoms with E-state index in [1.165, 1.54) is 18.3 Å². The summed E-state index contributed by atoms with van der Waals surface area (Å²) in [6.07, 6.45) is 5.10. The SMILES string of the molecule is CC(OC(=O)c1ccc2nc(-c3cccnc3)[nH]c2c1)C(=O)Nc1sc2c(c1C#N)CCC(C(C)(C)C)C2. The van der Waals surface area contributed by atoms with Gasteiger partial charge >= 0.3 is 5.97 Å². The number of fused-ring (bicyclic) bond motifs is 2. The highest BCUT2D eigenvalue weighted by Crippen LogP contribution is 2.44. The maximum atomic E-state index is 12.9. The summed E-state index contributed by atoms with van der Waals surface area (Å²) in [6, 6.07) is 11.0. The molecule has 3 aromatic heterocycles. The predicted octanol–water partition coefficient (Wildman–Crippen LogP) is 5.89. The number of ether oxygens (including phenoxy) is 1. The minimum atomic E-state index is -1.04. The number of carbonyl (C=O) groups excluding carboxylic acids is 2. The highest BCUT2D eigenvalue weighted by Gasteiger charge is 2.33. The van der Waals surface area contributed by atoms with Gasteiger partial charge in [-0.3, -0.25) is 9.78 Å². The molecule has 0 bridgehead atoms. The number of carbonyl (C=O) groups is 2. The average Bonchev–Trinajstić information content (AvgIpc) is 3.48. The zero-order valence-corrected chi connectivity index (χ0v) is 22.6. The summed E-state index contributed by atoms with van der Waals surface area (Å²) in [6.45, 7) is 8.25. The highest BCUT2D eigenvalue weighted by molar-refractivity contribution is 7.16. The van der Waals surface area contributed by atoms with E-state index < -0.39 is 18.0 Å². The summed E-state index contributed by atoms with van der Waals surface area (Å²) in [7, 11) is 0. The Morgan fingerprint density at radius 2 is 2.11 bits per heavy atom. The van der Waals surface area contributed by atoms with Crippen LogP contribution in [-0.2, 0) is 22.4 Å². The lowest BCUT2D eigenvalue weighted by molar-refractivity contribution is -0.123. The third-order valence-corrected chi connectivity index (χ3v) is 8.31. The fourth-order valence-electron chi connectivity index (χ4n) is 4.80. The molecule has 3 heterocycles. The zero-order chi connectivity index (χ0) is 27.0. The third kappa shape index (κ3) is 5.04. The van der Waals surface area contributed by atoms with Gasteiger partial charge in [0.1, 0.15) is 16.9 Å². The van der Waals surface area contributed by atoms with Crippen LogP contribution in [0.15, 0.2) is 42.7 Å². The van der Waals surface area contributed by atoms with E-state index in [1.807, 2.05) is 12.1 Å². The number of hydrogen-bond donors (Lipinski definition) is 2. The van der Waals surface area contributed by atoms with Crippen molar-refractivity contribution in [3.63, 3.8) is 0 Å². The molecule has 2 unspecified atom stereocenters. The van der Waals surface area contributed by atoms with Crippen molar-refractivity contribution in [3.8, 4) is 17.5 Å². The summed E-state index contributed by atoms with van der Waals surface area (Å²) in [4.78, 5) is 38.8. The van der Waals surface area contributed by atoms with E-state index in [2.05, 4.69) is 47.1 Å². The van der Waals surface area contributed by atoms with Crippen molar-refractivity contribution in [3.05, 3.63) is 64.3 Å². The fraction of sp³-hybridized carbons (Fsp3) is 0.345. The molecule has 1 aliphatic rings. The van der Waals surface area contributed by atoms with Crippen molar-refractivity contribution in [2.24, 2.45) is 11.3 Å². The molecule has 2 N–H and O–H groups in total. The lowest BCUT2D eigenvalue weighted by Crippen LogP contribution is -2.30. The molecule has 0 fully saturated rings. The van der Waals surface area contributed by atoms with Gasteiger partial charge in [0.25, 0.3) is 5.91 Å². The molecule has 1 aromatic carbocycles. The molecule has 0 aliphatic heterocycles. The number of anilines is 1. The summed E-state index contributed by atoms with van der Waals surface area (Å²) < 4.78 is 5.47. The van der Waals surface area contributed by atoms with Gasteiger partial charge in [-0.2, -0.15) is 5.26 Å². The fourth-order valence-corrected chi connectivity index (χ4v) is 6.08. The molecule has 0 spiro atoms. The number of nitrogens with one attached hydrogen (secondary N) is 2. The van der Waals surface area contributed by atoms with Crippen LogP contribution in [0.5, 0.6) is 0 Å². The molecular weight excluding hydrogens is 498 g/mol. The summed E-state index contributed by atoms with van der Waals surface area (Å²) in [5.74, 6) is 0.0803. The summed E-state index contributed by atoms with van der Waals surface area (Å²) in [5.41, 5.74) is 4.25. The molecule has 2 atom stereocenters. The van der Waals surface area contributed by atoms with Crippen molar-refractivity contribution in [1.82, 2.24) is 15.0 Å². The topological polar surface area (TPSA) is 121 Å².